The number of halogens is 1. The minimum absolute atomic E-state index is 0.124. The summed E-state index contributed by atoms with van der Waals surface area (Å²) in [6, 6.07) is 12.1. The Balaban J connectivity index is 1.97. The quantitative estimate of drug-likeness (QED) is 0.556. The zero-order chi connectivity index (χ0) is 21.2. The summed E-state index contributed by atoms with van der Waals surface area (Å²) >= 11 is 3.38. The Labute approximate surface area is 180 Å². The average Bonchev–Trinajstić information content (AvgIpc) is 2.73. The second-order valence-electron chi connectivity index (χ2n) is 6.39. The number of benzene rings is 2. The highest BCUT2D eigenvalue weighted by Gasteiger charge is 2.14. The first-order valence-electron chi connectivity index (χ1n) is 9.82. The van der Waals surface area contributed by atoms with Gasteiger partial charge in [-0.15, -0.1) is 0 Å². The van der Waals surface area contributed by atoms with Gasteiger partial charge in [0.15, 0.2) is 0 Å². The molecule has 0 saturated heterocycles. The van der Waals surface area contributed by atoms with Crippen LogP contribution in [0.25, 0.3) is 0 Å². The van der Waals surface area contributed by atoms with Crippen molar-refractivity contribution in [3.05, 3.63) is 58.1 Å². The number of likely N-dealkylation sites (N-methyl/N-ethyl adjacent to an activating group) is 1. The van der Waals surface area contributed by atoms with Crippen LogP contribution in [0.5, 0.6) is 5.75 Å². The summed E-state index contributed by atoms with van der Waals surface area (Å²) in [6.45, 7) is 9.89. The molecular formula is C22H28BrN3O3. The first kappa shape index (κ1) is 22.9. The van der Waals surface area contributed by atoms with Gasteiger partial charge in [0.05, 0.1) is 12.2 Å². The van der Waals surface area contributed by atoms with Crippen LogP contribution >= 0.6 is 15.9 Å². The normalized spacial score (nSPS) is 10.7. The second-order valence-corrected chi connectivity index (χ2v) is 7.30. The van der Waals surface area contributed by atoms with Gasteiger partial charge < -0.3 is 20.3 Å². The summed E-state index contributed by atoms with van der Waals surface area (Å²) < 4.78 is 6.33. The number of nitrogens with zero attached hydrogens (tertiary/aromatic N) is 1. The van der Waals surface area contributed by atoms with Crippen molar-refractivity contribution in [2.75, 3.05) is 38.1 Å². The molecular weight excluding hydrogens is 434 g/mol. The third-order valence-electron chi connectivity index (χ3n) is 4.50. The summed E-state index contributed by atoms with van der Waals surface area (Å²) in [5.74, 6) is 0.129. The van der Waals surface area contributed by atoms with Crippen molar-refractivity contribution in [1.29, 1.82) is 0 Å². The fraction of sp³-hybridized carbons (Fsp3) is 0.364. The minimum atomic E-state index is -0.272. The fourth-order valence-electron chi connectivity index (χ4n) is 2.83. The number of amides is 2. The maximum atomic E-state index is 12.6. The maximum Gasteiger partial charge on any atom is 0.259 e. The van der Waals surface area contributed by atoms with E-state index >= 15 is 0 Å². The van der Waals surface area contributed by atoms with Crippen LogP contribution in [-0.2, 0) is 0 Å². The van der Waals surface area contributed by atoms with Gasteiger partial charge in [0.2, 0.25) is 0 Å². The Morgan fingerprint density at radius 2 is 1.69 bits per heavy atom. The smallest absolute Gasteiger partial charge is 0.259 e. The van der Waals surface area contributed by atoms with Crippen LogP contribution in [0, 0.1) is 0 Å². The molecule has 0 heterocycles. The number of anilines is 1. The average molecular weight is 462 g/mol. The molecule has 0 aliphatic rings. The molecule has 2 aromatic carbocycles. The van der Waals surface area contributed by atoms with E-state index < -0.39 is 0 Å². The monoisotopic (exact) mass is 461 g/mol. The third-order valence-corrected chi connectivity index (χ3v) is 4.99. The molecule has 0 atom stereocenters. The van der Waals surface area contributed by atoms with Gasteiger partial charge in [-0.1, -0.05) is 29.8 Å². The molecule has 0 radical (unpaired) electrons. The number of ether oxygens (including phenoxy) is 1. The molecule has 29 heavy (non-hydrogen) atoms. The maximum absolute atomic E-state index is 12.6. The first-order valence-corrected chi connectivity index (χ1v) is 10.6. The SMILES string of the molecule is CCOc1ccc(Br)cc1C(=O)Nc1ccc(C(=O)NCCN(CC)CC)cc1. The van der Waals surface area contributed by atoms with Crippen LogP contribution in [-0.4, -0.2) is 49.5 Å². The number of carbonyl (C=O) groups excluding carboxylic acids is 2. The lowest BCUT2D eigenvalue weighted by Crippen LogP contribution is -2.34. The van der Waals surface area contributed by atoms with Crippen LogP contribution in [0.15, 0.2) is 46.9 Å². The summed E-state index contributed by atoms with van der Waals surface area (Å²) in [6.07, 6.45) is 0. The van der Waals surface area contributed by atoms with Crippen molar-refractivity contribution in [2.45, 2.75) is 20.8 Å². The number of rotatable bonds is 10. The number of hydrogen-bond donors (Lipinski definition) is 2. The minimum Gasteiger partial charge on any atom is -0.493 e. The van der Waals surface area contributed by atoms with E-state index in [4.69, 9.17) is 4.74 Å². The molecule has 0 unspecified atom stereocenters. The Morgan fingerprint density at radius 3 is 2.31 bits per heavy atom. The summed E-state index contributed by atoms with van der Waals surface area (Å²) in [5, 5.41) is 5.77. The van der Waals surface area contributed by atoms with Crippen LogP contribution in [0.1, 0.15) is 41.5 Å². The van der Waals surface area contributed by atoms with Gasteiger partial charge >= 0.3 is 0 Å². The van der Waals surface area contributed by atoms with Gasteiger partial charge in [0, 0.05) is 28.8 Å². The molecule has 2 amide bonds. The van der Waals surface area contributed by atoms with Crippen molar-refractivity contribution < 1.29 is 14.3 Å². The highest BCUT2D eigenvalue weighted by molar-refractivity contribution is 9.10. The van der Waals surface area contributed by atoms with Crippen LogP contribution < -0.4 is 15.4 Å². The molecule has 2 N–H and O–H groups in total. The van der Waals surface area contributed by atoms with Crippen LogP contribution in [0.2, 0.25) is 0 Å². The predicted molar refractivity (Wildman–Crippen MR) is 120 cm³/mol. The first-order chi connectivity index (χ1) is 14.0. The van der Waals surface area contributed by atoms with E-state index in [-0.39, 0.29) is 11.8 Å². The van der Waals surface area contributed by atoms with Crippen molar-refractivity contribution >= 4 is 33.4 Å². The molecule has 0 aromatic heterocycles. The molecule has 0 aliphatic carbocycles. The predicted octanol–water partition coefficient (Wildman–Crippen LogP) is 4.17. The van der Waals surface area contributed by atoms with Gasteiger partial charge in [-0.2, -0.15) is 0 Å². The van der Waals surface area contributed by atoms with E-state index in [1.165, 1.54) is 0 Å². The summed E-state index contributed by atoms with van der Waals surface area (Å²) in [7, 11) is 0. The third kappa shape index (κ3) is 6.87. The lowest BCUT2D eigenvalue weighted by molar-refractivity contribution is 0.0948. The molecule has 0 saturated carbocycles. The van der Waals surface area contributed by atoms with E-state index in [0.29, 0.717) is 35.7 Å². The standard InChI is InChI=1S/C22H28BrN3O3/c1-4-26(5-2)14-13-24-21(27)16-7-10-18(11-8-16)25-22(28)19-15-17(23)9-12-20(19)29-6-3/h7-12,15H,4-6,13-14H2,1-3H3,(H,24,27)(H,25,28). The molecule has 0 aliphatic heterocycles. The van der Waals surface area contributed by atoms with Crippen molar-refractivity contribution in [3.8, 4) is 5.75 Å². The molecule has 7 heteroatoms. The Kier molecular flexibility index (Phi) is 9.15. The molecule has 0 spiro atoms. The van der Waals surface area contributed by atoms with Gasteiger partial charge in [-0.3, -0.25) is 9.59 Å². The lowest BCUT2D eigenvalue weighted by Gasteiger charge is -2.18. The van der Waals surface area contributed by atoms with Gasteiger partial charge in [0.25, 0.3) is 11.8 Å². The number of nitrogens with one attached hydrogen (secondary N) is 2. The van der Waals surface area contributed by atoms with Crippen LogP contribution in [0.3, 0.4) is 0 Å². The van der Waals surface area contributed by atoms with Crippen molar-refractivity contribution in [1.82, 2.24) is 10.2 Å². The fourth-order valence-corrected chi connectivity index (χ4v) is 3.19. The highest BCUT2D eigenvalue weighted by Crippen LogP contribution is 2.24. The zero-order valence-electron chi connectivity index (χ0n) is 17.1. The van der Waals surface area contributed by atoms with Crippen molar-refractivity contribution in [3.63, 3.8) is 0 Å². The summed E-state index contributed by atoms with van der Waals surface area (Å²) in [5.41, 5.74) is 1.61. The van der Waals surface area contributed by atoms with E-state index in [1.807, 2.05) is 13.0 Å². The zero-order valence-corrected chi connectivity index (χ0v) is 18.7. The summed E-state index contributed by atoms with van der Waals surface area (Å²) in [4.78, 5) is 27.2. The topological polar surface area (TPSA) is 70.7 Å². The van der Waals surface area contributed by atoms with Crippen LogP contribution in [0.4, 0.5) is 5.69 Å². The molecule has 0 fully saturated rings. The number of carbonyl (C=O) groups is 2. The molecule has 2 aromatic rings. The second kappa shape index (κ2) is 11.6. The molecule has 156 valence electrons. The lowest BCUT2D eigenvalue weighted by atomic mass is 10.1. The largest absolute Gasteiger partial charge is 0.493 e. The van der Waals surface area contributed by atoms with E-state index in [9.17, 15) is 9.59 Å². The molecule has 6 nitrogen and oxygen atoms in total. The Morgan fingerprint density at radius 1 is 1.00 bits per heavy atom. The molecule has 2 rings (SSSR count). The van der Waals surface area contributed by atoms with Gasteiger partial charge in [-0.25, -0.2) is 0 Å². The molecule has 0 bridgehead atoms. The Bertz CT molecular complexity index is 821. The van der Waals surface area contributed by atoms with E-state index in [2.05, 4.69) is 45.3 Å². The highest BCUT2D eigenvalue weighted by atomic mass is 79.9. The number of hydrogen-bond acceptors (Lipinski definition) is 4. The van der Waals surface area contributed by atoms with Gasteiger partial charge in [-0.05, 0) is 62.5 Å². The Hall–Kier alpha value is -2.38. The van der Waals surface area contributed by atoms with Gasteiger partial charge in [0.1, 0.15) is 5.75 Å². The van der Waals surface area contributed by atoms with E-state index in [0.717, 1.165) is 24.1 Å². The van der Waals surface area contributed by atoms with Crippen molar-refractivity contribution in [2.24, 2.45) is 0 Å². The van der Waals surface area contributed by atoms with E-state index in [1.54, 1.807) is 36.4 Å².